The Morgan fingerprint density at radius 1 is 1.29 bits per heavy atom. The fourth-order valence-electron chi connectivity index (χ4n) is 2.14. The number of hydrogen-bond donors (Lipinski definition) is 2. The van der Waals surface area contributed by atoms with E-state index < -0.39 is 23.3 Å². The topological polar surface area (TPSA) is 81.1 Å². The highest BCUT2D eigenvalue weighted by Gasteiger charge is 2.18. The van der Waals surface area contributed by atoms with Crippen molar-refractivity contribution in [2.24, 2.45) is 0 Å². The van der Waals surface area contributed by atoms with Crippen LogP contribution in [-0.2, 0) is 0 Å². The first-order chi connectivity index (χ1) is 9.99. The summed E-state index contributed by atoms with van der Waals surface area (Å²) >= 11 is 0. The van der Waals surface area contributed by atoms with Gasteiger partial charge in [0.2, 0.25) is 0 Å². The minimum atomic E-state index is -1.54. The van der Waals surface area contributed by atoms with Crippen LogP contribution in [0.5, 0.6) is 0 Å². The van der Waals surface area contributed by atoms with Gasteiger partial charge in [-0.25, -0.2) is 18.6 Å². The molecule has 21 heavy (non-hydrogen) atoms. The Hall–Kier alpha value is -2.96. The van der Waals surface area contributed by atoms with Crippen molar-refractivity contribution in [1.82, 2.24) is 9.55 Å². The van der Waals surface area contributed by atoms with Gasteiger partial charge in [-0.05, 0) is 12.1 Å². The van der Waals surface area contributed by atoms with Crippen molar-refractivity contribution in [3.8, 4) is 5.82 Å². The average Bonchev–Trinajstić information content (AvgIpc) is 2.86. The molecular formula is C14H9F2N3O2. The van der Waals surface area contributed by atoms with Gasteiger partial charge in [-0.3, -0.25) is 4.57 Å². The summed E-state index contributed by atoms with van der Waals surface area (Å²) in [6.45, 7) is 0. The van der Waals surface area contributed by atoms with E-state index >= 15 is 0 Å². The third-order valence-electron chi connectivity index (χ3n) is 3.08. The molecule has 0 bridgehead atoms. The van der Waals surface area contributed by atoms with Crippen LogP contribution in [0.1, 0.15) is 10.5 Å². The molecule has 3 rings (SSSR count). The smallest absolute Gasteiger partial charge is 0.357 e. The summed E-state index contributed by atoms with van der Waals surface area (Å²) in [5.41, 5.74) is 4.51. The highest BCUT2D eigenvalue weighted by atomic mass is 19.1. The van der Waals surface area contributed by atoms with Crippen molar-refractivity contribution < 1.29 is 18.7 Å². The second kappa shape index (κ2) is 4.55. The van der Waals surface area contributed by atoms with E-state index in [-0.39, 0.29) is 17.0 Å². The molecule has 3 aromatic rings. The van der Waals surface area contributed by atoms with E-state index in [4.69, 9.17) is 10.8 Å². The van der Waals surface area contributed by atoms with Gasteiger partial charge in [0, 0.05) is 17.6 Å². The number of carboxylic acids is 1. The fourth-order valence-corrected chi connectivity index (χ4v) is 2.14. The van der Waals surface area contributed by atoms with Crippen LogP contribution in [0.4, 0.5) is 14.5 Å². The molecule has 0 radical (unpaired) electrons. The van der Waals surface area contributed by atoms with Crippen molar-refractivity contribution in [2.45, 2.75) is 0 Å². The van der Waals surface area contributed by atoms with Crippen LogP contribution < -0.4 is 5.73 Å². The predicted octanol–water partition coefficient (Wildman–Crippen LogP) is 2.58. The Kier molecular flexibility index (Phi) is 2.83. The van der Waals surface area contributed by atoms with Crippen LogP contribution >= 0.6 is 0 Å². The molecule has 3 N–H and O–H groups in total. The monoisotopic (exact) mass is 289 g/mol. The van der Waals surface area contributed by atoms with Gasteiger partial charge in [0.25, 0.3) is 0 Å². The number of pyridine rings is 1. The summed E-state index contributed by atoms with van der Waals surface area (Å²) in [5.74, 6) is -3.12. The Labute approximate surface area is 117 Å². The molecule has 0 aliphatic heterocycles. The third kappa shape index (κ3) is 1.99. The summed E-state index contributed by atoms with van der Waals surface area (Å²) in [6.07, 6.45) is 1.51. The molecule has 1 aromatic carbocycles. The van der Waals surface area contributed by atoms with E-state index in [0.717, 1.165) is 6.07 Å². The Morgan fingerprint density at radius 2 is 2.05 bits per heavy atom. The Bertz CT molecular complexity index is 874. The molecule has 2 aromatic heterocycles. The number of benzene rings is 1. The minimum absolute atomic E-state index is 0.0337. The number of anilines is 1. The third-order valence-corrected chi connectivity index (χ3v) is 3.08. The molecule has 0 fully saturated rings. The summed E-state index contributed by atoms with van der Waals surface area (Å²) < 4.78 is 28.9. The molecule has 0 atom stereocenters. The SMILES string of the molecule is Nc1cc(-n2ccc3cccc(F)c32)nc(C(=O)O)c1F. The van der Waals surface area contributed by atoms with Crippen molar-refractivity contribution in [3.63, 3.8) is 0 Å². The molecule has 0 aliphatic carbocycles. The number of nitrogens with zero attached hydrogens (tertiary/aromatic N) is 2. The Balaban J connectivity index is 2.31. The number of halogens is 2. The van der Waals surface area contributed by atoms with Gasteiger partial charge in [0.1, 0.15) is 11.6 Å². The molecule has 0 aliphatic rings. The van der Waals surface area contributed by atoms with Gasteiger partial charge >= 0.3 is 5.97 Å². The lowest BCUT2D eigenvalue weighted by Gasteiger charge is -2.08. The van der Waals surface area contributed by atoms with Gasteiger partial charge in [-0.15, -0.1) is 0 Å². The fraction of sp³-hybridized carbons (Fsp3) is 0. The van der Waals surface area contributed by atoms with Crippen LogP contribution in [0.2, 0.25) is 0 Å². The van der Waals surface area contributed by atoms with Crippen LogP contribution in [0, 0.1) is 11.6 Å². The molecule has 0 unspecified atom stereocenters. The first-order valence-corrected chi connectivity index (χ1v) is 5.94. The molecule has 0 saturated carbocycles. The Morgan fingerprint density at radius 3 is 2.76 bits per heavy atom. The summed E-state index contributed by atoms with van der Waals surface area (Å²) in [7, 11) is 0. The molecule has 0 saturated heterocycles. The highest BCUT2D eigenvalue weighted by molar-refractivity contribution is 5.88. The zero-order valence-electron chi connectivity index (χ0n) is 10.5. The van der Waals surface area contributed by atoms with E-state index in [1.807, 2.05) is 0 Å². The molecule has 7 heteroatoms. The molecule has 0 spiro atoms. The average molecular weight is 289 g/mol. The standard InChI is InChI=1S/C14H9F2N3O2/c15-8-3-1-2-7-4-5-19(13(7)8)10-6-9(17)11(16)12(18-10)14(20)21/h1-6H,(H2,17,18)(H,20,21). The quantitative estimate of drug-likeness (QED) is 0.759. The second-order valence-electron chi connectivity index (χ2n) is 4.40. The maximum absolute atomic E-state index is 13.9. The van der Waals surface area contributed by atoms with Crippen molar-refractivity contribution in [2.75, 3.05) is 5.73 Å². The normalized spacial score (nSPS) is 11.0. The number of para-hydroxylation sites is 1. The number of hydrogen-bond acceptors (Lipinski definition) is 3. The minimum Gasteiger partial charge on any atom is -0.476 e. The lowest BCUT2D eigenvalue weighted by molar-refractivity contribution is 0.0685. The number of aromatic carboxylic acids is 1. The van der Waals surface area contributed by atoms with E-state index in [1.54, 1.807) is 18.2 Å². The van der Waals surface area contributed by atoms with Gasteiger partial charge in [0.05, 0.1) is 11.2 Å². The first-order valence-electron chi connectivity index (χ1n) is 5.94. The maximum Gasteiger partial charge on any atom is 0.357 e. The number of carbonyl (C=O) groups is 1. The van der Waals surface area contributed by atoms with E-state index in [2.05, 4.69) is 4.98 Å². The van der Waals surface area contributed by atoms with E-state index in [9.17, 15) is 13.6 Å². The van der Waals surface area contributed by atoms with Crippen molar-refractivity contribution in [1.29, 1.82) is 0 Å². The summed E-state index contributed by atoms with van der Waals surface area (Å²) in [4.78, 5) is 14.7. The number of carboxylic acid groups (broad SMARTS) is 1. The predicted molar refractivity (Wildman–Crippen MR) is 72.4 cm³/mol. The lowest BCUT2D eigenvalue weighted by atomic mass is 10.2. The summed E-state index contributed by atoms with van der Waals surface area (Å²) in [5, 5.41) is 9.55. The molecule has 0 amide bonds. The molecule has 106 valence electrons. The van der Waals surface area contributed by atoms with Crippen LogP contribution in [0.3, 0.4) is 0 Å². The van der Waals surface area contributed by atoms with Gasteiger partial charge in [0.15, 0.2) is 11.5 Å². The lowest BCUT2D eigenvalue weighted by Crippen LogP contribution is -2.10. The maximum atomic E-state index is 13.9. The zero-order chi connectivity index (χ0) is 15.1. The molecule has 2 heterocycles. The van der Waals surface area contributed by atoms with Gasteiger partial charge < -0.3 is 10.8 Å². The van der Waals surface area contributed by atoms with Gasteiger partial charge in [-0.2, -0.15) is 0 Å². The number of nitrogens with two attached hydrogens (primary N) is 1. The number of aromatic nitrogens is 2. The van der Waals surface area contributed by atoms with E-state index in [1.165, 1.54) is 16.8 Å². The largest absolute Gasteiger partial charge is 0.476 e. The number of rotatable bonds is 2. The van der Waals surface area contributed by atoms with Crippen LogP contribution in [0.25, 0.3) is 16.7 Å². The zero-order valence-corrected chi connectivity index (χ0v) is 10.5. The molecule has 5 nitrogen and oxygen atoms in total. The van der Waals surface area contributed by atoms with Crippen LogP contribution in [0.15, 0.2) is 36.5 Å². The van der Waals surface area contributed by atoms with Crippen molar-refractivity contribution in [3.05, 3.63) is 53.9 Å². The van der Waals surface area contributed by atoms with E-state index in [0.29, 0.717) is 5.39 Å². The highest BCUT2D eigenvalue weighted by Crippen LogP contribution is 2.24. The second-order valence-corrected chi connectivity index (χ2v) is 4.40. The molecular weight excluding hydrogens is 280 g/mol. The van der Waals surface area contributed by atoms with Crippen LogP contribution in [-0.4, -0.2) is 20.6 Å². The van der Waals surface area contributed by atoms with Gasteiger partial charge in [-0.1, -0.05) is 12.1 Å². The summed E-state index contributed by atoms with van der Waals surface area (Å²) in [6, 6.07) is 7.31. The first kappa shape index (κ1) is 13.0. The number of nitrogen functional groups attached to an aromatic ring is 1. The number of fused-ring (bicyclic) bond motifs is 1. The van der Waals surface area contributed by atoms with Crippen molar-refractivity contribution >= 4 is 22.6 Å².